The third-order valence-electron chi connectivity index (χ3n) is 4.51. The first kappa shape index (κ1) is 19.5. The molecule has 0 spiro atoms. The van der Waals surface area contributed by atoms with Gasteiger partial charge < -0.3 is 11.1 Å². The molecule has 0 aliphatic carbocycles. The summed E-state index contributed by atoms with van der Waals surface area (Å²) < 4.78 is 16.3. The van der Waals surface area contributed by atoms with Crippen molar-refractivity contribution >= 4 is 17.2 Å². The van der Waals surface area contributed by atoms with Crippen molar-refractivity contribution in [3.63, 3.8) is 0 Å². The van der Waals surface area contributed by atoms with E-state index in [9.17, 15) is 19.7 Å². The zero-order valence-electron chi connectivity index (χ0n) is 16.0. The number of hydrogen-bond donors (Lipinski definition) is 2. The maximum absolute atomic E-state index is 13.9. The molecule has 11 nitrogen and oxygen atoms in total. The number of anilines is 2. The lowest BCUT2D eigenvalue weighted by molar-refractivity contribution is 0.615. The molecule has 4 rings (SSSR count). The first-order valence-electron chi connectivity index (χ1n) is 8.87. The fraction of sp³-hybridized carbons (Fsp3) is 0.105. The number of hydrogen-bond acceptors (Lipinski definition) is 9. The van der Waals surface area contributed by atoms with Crippen molar-refractivity contribution in [3.05, 3.63) is 70.2 Å². The second-order valence-electron chi connectivity index (χ2n) is 6.45. The summed E-state index contributed by atoms with van der Waals surface area (Å²) in [4.78, 5) is 24.9. The van der Waals surface area contributed by atoms with Crippen LogP contribution in [0.5, 0.6) is 0 Å². The van der Waals surface area contributed by atoms with Gasteiger partial charge in [-0.15, -0.1) is 0 Å². The molecular formula is C19H13FN10O. The summed E-state index contributed by atoms with van der Waals surface area (Å²) in [5.41, 5.74) is 5.45. The third-order valence-corrected chi connectivity index (χ3v) is 4.51. The molecule has 4 aromatic rings. The van der Waals surface area contributed by atoms with Crippen molar-refractivity contribution in [2.75, 3.05) is 11.1 Å². The quantitative estimate of drug-likeness (QED) is 0.499. The highest BCUT2D eigenvalue weighted by atomic mass is 19.1. The van der Waals surface area contributed by atoms with E-state index in [0.29, 0.717) is 0 Å². The van der Waals surface area contributed by atoms with Crippen LogP contribution in [0.2, 0.25) is 0 Å². The minimum atomic E-state index is -0.699. The molecule has 3 N–H and O–H groups in total. The lowest BCUT2D eigenvalue weighted by Crippen LogP contribution is -2.30. The van der Waals surface area contributed by atoms with Crippen LogP contribution in [-0.4, -0.2) is 29.1 Å². The number of rotatable bonds is 4. The Kier molecular flexibility index (Phi) is 4.73. The van der Waals surface area contributed by atoms with Crippen molar-refractivity contribution in [2.24, 2.45) is 0 Å². The van der Waals surface area contributed by atoms with Gasteiger partial charge in [-0.05, 0) is 13.0 Å². The number of nitriles is 2. The van der Waals surface area contributed by atoms with Crippen molar-refractivity contribution in [3.8, 4) is 17.8 Å². The van der Waals surface area contributed by atoms with Gasteiger partial charge >= 0.3 is 0 Å². The standard InChI is InChI=1S/C19H13FN10O/c1-10(27-17-14(6-22)16(23)25-9-26-17)18-28-29-3-2-11(5-21)15(29)19(31)30(18)13-4-12(20)7-24-8-13/h2-4,7-10H,1H3,(H3,23,25,26,27)/t10-/m0/s1. The summed E-state index contributed by atoms with van der Waals surface area (Å²) in [6.45, 7) is 1.67. The van der Waals surface area contributed by atoms with Crippen molar-refractivity contribution in [1.29, 1.82) is 10.5 Å². The molecule has 4 heterocycles. The van der Waals surface area contributed by atoms with Crippen LogP contribution in [-0.2, 0) is 0 Å². The van der Waals surface area contributed by atoms with Crippen LogP contribution in [0.1, 0.15) is 29.9 Å². The molecule has 0 amide bonds. The first-order chi connectivity index (χ1) is 14.9. The van der Waals surface area contributed by atoms with Crippen LogP contribution < -0.4 is 16.6 Å². The Hall–Kier alpha value is -4.84. The van der Waals surface area contributed by atoms with Gasteiger partial charge in [0.2, 0.25) is 0 Å². The lowest BCUT2D eigenvalue weighted by Gasteiger charge is -2.20. The Balaban J connectivity index is 1.94. The zero-order chi connectivity index (χ0) is 22.1. The summed E-state index contributed by atoms with van der Waals surface area (Å²) in [6.07, 6.45) is 4.97. The Morgan fingerprint density at radius 1 is 1.26 bits per heavy atom. The minimum absolute atomic E-state index is 0.00796. The molecule has 152 valence electrons. The molecule has 0 unspecified atom stereocenters. The van der Waals surface area contributed by atoms with Crippen LogP contribution in [0.4, 0.5) is 16.0 Å². The van der Waals surface area contributed by atoms with E-state index in [-0.39, 0.29) is 39.8 Å². The van der Waals surface area contributed by atoms with E-state index in [1.807, 2.05) is 12.1 Å². The van der Waals surface area contributed by atoms with Gasteiger partial charge in [0.15, 0.2) is 5.82 Å². The number of nitrogen functional groups attached to an aromatic ring is 1. The predicted molar refractivity (Wildman–Crippen MR) is 106 cm³/mol. The zero-order valence-corrected chi connectivity index (χ0v) is 16.0. The number of nitrogens with two attached hydrogens (primary N) is 1. The van der Waals surface area contributed by atoms with Crippen LogP contribution in [0.25, 0.3) is 11.2 Å². The lowest BCUT2D eigenvalue weighted by atomic mass is 10.2. The molecule has 4 aromatic heterocycles. The highest BCUT2D eigenvalue weighted by Crippen LogP contribution is 2.23. The molecule has 0 aliphatic heterocycles. The van der Waals surface area contributed by atoms with E-state index in [2.05, 4.69) is 25.4 Å². The second-order valence-corrected chi connectivity index (χ2v) is 6.45. The number of pyridine rings is 1. The first-order valence-corrected chi connectivity index (χ1v) is 8.87. The molecule has 12 heteroatoms. The summed E-state index contributed by atoms with van der Waals surface area (Å²) in [5, 5.41) is 26.1. The topological polar surface area (TPSA) is 164 Å². The van der Waals surface area contributed by atoms with E-state index in [1.165, 1.54) is 29.3 Å². The highest BCUT2D eigenvalue weighted by molar-refractivity contribution is 5.63. The van der Waals surface area contributed by atoms with Crippen molar-refractivity contribution in [2.45, 2.75) is 13.0 Å². The van der Waals surface area contributed by atoms with Crippen LogP contribution >= 0.6 is 0 Å². The van der Waals surface area contributed by atoms with Crippen molar-refractivity contribution in [1.82, 2.24) is 29.1 Å². The Morgan fingerprint density at radius 3 is 2.77 bits per heavy atom. The molecule has 0 bridgehead atoms. The molecule has 0 saturated heterocycles. The average Bonchev–Trinajstić information content (AvgIpc) is 3.17. The van der Waals surface area contributed by atoms with Crippen LogP contribution in [0.15, 0.2) is 41.8 Å². The molecule has 1 atom stereocenters. The van der Waals surface area contributed by atoms with Gasteiger partial charge in [-0.1, -0.05) is 0 Å². The number of nitrogens with zero attached hydrogens (tertiary/aromatic N) is 8. The predicted octanol–water partition coefficient (Wildman–Crippen LogP) is 1.31. The highest BCUT2D eigenvalue weighted by Gasteiger charge is 2.22. The number of nitrogens with one attached hydrogen (secondary N) is 1. The molecule has 31 heavy (non-hydrogen) atoms. The van der Waals surface area contributed by atoms with Crippen molar-refractivity contribution < 1.29 is 4.39 Å². The summed E-state index contributed by atoms with van der Waals surface area (Å²) in [7, 11) is 0. The molecule has 0 saturated carbocycles. The van der Waals surface area contributed by atoms with E-state index in [0.717, 1.165) is 16.8 Å². The van der Waals surface area contributed by atoms with Gasteiger partial charge in [0, 0.05) is 12.3 Å². The maximum Gasteiger partial charge on any atom is 0.283 e. The van der Waals surface area contributed by atoms with E-state index in [4.69, 9.17) is 5.73 Å². The van der Waals surface area contributed by atoms with Crippen LogP contribution in [0.3, 0.4) is 0 Å². The molecule has 0 radical (unpaired) electrons. The molecule has 0 fully saturated rings. The number of fused-ring (bicyclic) bond motifs is 1. The molecule has 0 aliphatic rings. The number of halogens is 1. The second kappa shape index (κ2) is 7.53. The molecule has 0 aromatic carbocycles. The summed E-state index contributed by atoms with van der Waals surface area (Å²) >= 11 is 0. The fourth-order valence-electron chi connectivity index (χ4n) is 3.12. The Labute approximate surface area is 173 Å². The van der Waals surface area contributed by atoms with E-state index < -0.39 is 17.4 Å². The monoisotopic (exact) mass is 416 g/mol. The smallest absolute Gasteiger partial charge is 0.283 e. The van der Waals surface area contributed by atoms with Gasteiger partial charge in [0.1, 0.15) is 47.0 Å². The van der Waals surface area contributed by atoms with Crippen LogP contribution in [0, 0.1) is 28.5 Å². The summed E-state index contributed by atoms with van der Waals surface area (Å²) in [5.74, 6) is -0.356. The fourth-order valence-corrected chi connectivity index (χ4v) is 3.12. The van der Waals surface area contributed by atoms with Gasteiger partial charge in [0.05, 0.1) is 29.7 Å². The number of aromatic nitrogens is 6. The Morgan fingerprint density at radius 2 is 2.06 bits per heavy atom. The normalized spacial score (nSPS) is 11.6. The minimum Gasteiger partial charge on any atom is -0.382 e. The Bertz CT molecular complexity index is 1460. The summed E-state index contributed by atoms with van der Waals surface area (Å²) in [6, 6.07) is 5.75. The van der Waals surface area contributed by atoms with E-state index >= 15 is 0 Å². The SMILES string of the molecule is C[C@H](Nc1ncnc(N)c1C#N)c1nn2ccc(C#N)c2c(=O)n1-c1cncc(F)c1. The van der Waals surface area contributed by atoms with Gasteiger partial charge in [-0.2, -0.15) is 15.6 Å². The van der Waals surface area contributed by atoms with E-state index in [1.54, 1.807) is 6.92 Å². The van der Waals surface area contributed by atoms with Gasteiger partial charge in [-0.3, -0.25) is 14.3 Å². The van der Waals surface area contributed by atoms with Gasteiger partial charge in [0.25, 0.3) is 5.56 Å². The average molecular weight is 416 g/mol. The largest absolute Gasteiger partial charge is 0.382 e. The third kappa shape index (κ3) is 3.28. The molecular weight excluding hydrogens is 403 g/mol. The maximum atomic E-state index is 13.9. The van der Waals surface area contributed by atoms with Gasteiger partial charge in [-0.25, -0.2) is 18.9 Å².